The first-order valence-electron chi connectivity index (χ1n) is 5.24. The van der Waals surface area contributed by atoms with Gasteiger partial charge in [-0.25, -0.2) is 4.98 Å². The van der Waals surface area contributed by atoms with Crippen molar-refractivity contribution in [2.45, 2.75) is 6.92 Å². The molecule has 19 heavy (non-hydrogen) atoms. The van der Waals surface area contributed by atoms with Crippen LogP contribution in [0.5, 0.6) is 11.5 Å². The number of pyridine rings is 1. The van der Waals surface area contributed by atoms with Crippen molar-refractivity contribution in [1.29, 1.82) is 5.26 Å². The minimum Gasteiger partial charge on any atom is -0.493 e. The predicted molar refractivity (Wildman–Crippen MR) is 76.6 cm³/mol. The normalized spacial score (nSPS) is 9.63. The van der Waals surface area contributed by atoms with Gasteiger partial charge in [0, 0.05) is 11.5 Å². The van der Waals surface area contributed by atoms with Crippen molar-refractivity contribution in [3.05, 3.63) is 28.4 Å². The molecule has 0 aliphatic rings. The molecule has 0 unspecified atom stereocenters. The van der Waals surface area contributed by atoms with Crippen LogP contribution in [0.25, 0.3) is 10.9 Å². The van der Waals surface area contributed by atoms with Crippen LogP contribution in [0.3, 0.4) is 0 Å². The molecule has 0 atom stereocenters. The van der Waals surface area contributed by atoms with Gasteiger partial charge in [-0.2, -0.15) is 5.26 Å². The highest BCUT2D eigenvalue weighted by Gasteiger charge is 2.14. The summed E-state index contributed by atoms with van der Waals surface area (Å²) >= 11 is 5.97. The number of halogens is 2. The van der Waals surface area contributed by atoms with Crippen molar-refractivity contribution in [2.75, 3.05) is 14.2 Å². The van der Waals surface area contributed by atoms with E-state index in [4.69, 9.17) is 26.3 Å². The van der Waals surface area contributed by atoms with E-state index in [-0.39, 0.29) is 17.6 Å². The molecule has 0 saturated carbocycles. The number of methoxy groups -OCH3 is 2. The maximum Gasteiger partial charge on any atom is 0.162 e. The maximum absolute atomic E-state index is 9.06. The molecule has 0 saturated heterocycles. The number of ether oxygens (including phenoxy) is 2. The van der Waals surface area contributed by atoms with Gasteiger partial charge in [-0.15, -0.1) is 12.4 Å². The fraction of sp³-hybridized carbons (Fsp3) is 0.231. The Hall–Kier alpha value is -1.70. The highest BCUT2D eigenvalue weighted by atomic mass is 35.5. The van der Waals surface area contributed by atoms with Crippen LogP contribution in [0.4, 0.5) is 0 Å². The van der Waals surface area contributed by atoms with Crippen molar-refractivity contribution in [1.82, 2.24) is 4.98 Å². The Labute approximate surface area is 122 Å². The molecule has 0 N–H and O–H groups in total. The van der Waals surface area contributed by atoms with Gasteiger partial charge >= 0.3 is 0 Å². The van der Waals surface area contributed by atoms with E-state index in [1.54, 1.807) is 26.4 Å². The molecule has 2 aromatic rings. The Bertz CT molecular complexity index is 666. The van der Waals surface area contributed by atoms with E-state index in [9.17, 15) is 0 Å². The lowest BCUT2D eigenvalue weighted by atomic mass is 10.1. The summed E-state index contributed by atoms with van der Waals surface area (Å²) in [6, 6.07) is 5.60. The Morgan fingerprint density at radius 1 is 1.21 bits per heavy atom. The second kappa shape index (κ2) is 5.96. The van der Waals surface area contributed by atoms with Gasteiger partial charge in [-0.3, -0.25) is 0 Å². The number of benzene rings is 1. The van der Waals surface area contributed by atoms with Gasteiger partial charge in [-0.05, 0) is 18.6 Å². The smallest absolute Gasteiger partial charge is 0.162 e. The molecule has 0 spiro atoms. The van der Waals surface area contributed by atoms with Crippen LogP contribution < -0.4 is 9.47 Å². The minimum atomic E-state index is 0. The van der Waals surface area contributed by atoms with Crippen LogP contribution >= 0.6 is 24.0 Å². The quantitative estimate of drug-likeness (QED) is 0.796. The van der Waals surface area contributed by atoms with Gasteiger partial charge in [0.05, 0.1) is 25.3 Å². The summed E-state index contributed by atoms with van der Waals surface area (Å²) in [5.74, 6) is 1.18. The minimum absolute atomic E-state index is 0. The van der Waals surface area contributed by atoms with Gasteiger partial charge in [0.15, 0.2) is 11.5 Å². The van der Waals surface area contributed by atoms with E-state index in [1.807, 2.05) is 6.92 Å². The average molecular weight is 299 g/mol. The van der Waals surface area contributed by atoms with E-state index in [0.29, 0.717) is 22.6 Å². The zero-order valence-corrected chi connectivity index (χ0v) is 12.2. The Kier molecular flexibility index (Phi) is 4.82. The van der Waals surface area contributed by atoms with Crippen molar-refractivity contribution in [3.63, 3.8) is 0 Å². The molecule has 1 aromatic heterocycles. The lowest BCUT2D eigenvalue weighted by molar-refractivity contribution is 0.356. The van der Waals surface area contributed by atoms with E-state index < -0.39 is 0 Å². The molecule has 1 heterocycles. The highest BCUT2D eigenvalue weighted by Crippen LogP contribution is 2.34. The Balaban J connectivity index is 0.00000180. The summed E-state index contributed by atoms with van der Waals surface area (Å²) in [4.78, 5) is 4.20. The molecule has 0 fully saturated rings. The number of hydrogen-bond donors (Lipinski definition) is 0. The number of nitrogens with zero attached hydrogens (tertiary/aromatic N) is 2. The van der Waals surface area contributed by atoms with E-state index in [1.165, 1.54) is 0 Å². The lowest BCUT2D eigenvalue weighted by Crippen LogP contribution is -1.95. The summed E-state index contributed by atoms with van der Waals surface area (Å²) in [5.41, 5.74) is 1.85. The van der Waals surface area contributed by atoms with E-state index in [2.05, 4.69) is 11.1 Å². The molecule has 4 nitrogen and oxygen atoms in total. The number of nitriles is 1. The van der Waals surface area contributed by atoms with Gasteiger partial charge in [0.25, 0.3) is 0 Å². The molecule has 0 amide bonds. The molecule has 0 aliphatic heterocycles. The summed E-state index contributed by atoms with van der Waals surface area (Å²) in [6.07, 6.45) is 0. The SMILES string of the molecule is COc1cc2nc(Cl)c(C#N)c(C)c2cc1OC.Cl. The standard InChI is InChI=1S/C13H11ClN2O2.ClH/c1-7-8-4-11(17-2)12(18-3)5-10(8)16-13(14)9(7)6-15;/h4-5H,1-3H3;1H. The largest absolute Gasteiger partial charge is 0.493 e. The molecule has 0 radical (unpaired) electrons. The number of rotatable bonds is 2. The maximum atomic E-state index is 9.06. The van der Waals surface area contributed by atoms with Crippen LogP contribution in [0.15, 0.2) is 12.1 Å². The summed E-state index contributed by atoms with van der Waals surface area (Å²) in [6.45, 7) is 1.83. The van der Waals surface area contributed by atoms with Crippen LogP contribution in [0.1, 0.15) is 11.1 Å². The molecule has 0 aliphatic carbocycles. The molecular formula is C13H12Cl2N2O2. The first kappa shape index (κ1) is 15.4. The summed E-state index contributed by atoms with van der Waals surface area (Å²) in [7, 11) is 3.12. The van der Waals surface area contributed by atoms with Crippen molar-refractivity contribution in [3.8, 4) is 17.6 Å². The van der Waals surface area contributed by atoms with Crippen LogP contribution in [-0.4, -0.2) is 19.2 Å². The van der Waals surface area contributed by atoms with Gasteiger partial charge in [0.2, 0.25) is 0 Å². The zero-order valence-electron chi connectivity index (χ0n) is 10.7. The second-order valence-corrected chi connectivity index (χ2v) is 4.10. The topological polar surface area (TPSA) is 55.1 Å². The molecule has 0 bridgehead atoms. The van der Waals surface area contributed by atoms with Crippen LogP contribution in [-0.2, 0) is 0 Å². The fourth-order valence-corrected chi connectivity index (χ4v) is 2.12. The highest BCUT2D eigenvalue weighted by molar-refractivity contribution is 6.31. The third kappa shape index (κ3) is 2.53. The molecule has 2 rings (SSSR count). The molecule has 6 heteroatoms. The predicted octanol–water partition coefficient (Wildman–Crippen LogP) is 3.51. The van der Waals surface area contributed by atoms with Crippen molar-refractivity contribution < 1.29 is 9.47 Å². The third-order valence-corrected chi connectivity index (χ3v) is 3.09. The Morgan fingerprint density at radius 3 is 2.32 bits per heavy atom. The molecule has 1 aromatic carbocycles. The Morgan fingerprint density at radius 2 is 1.79 bits per heavy atom. The summed E-state index contributed by atoms with van der Waals surface area (Å²) in [5, 5.41) is 10.1. The van der Waals surface area contributed by atoms with Crippen LogP contribution in [0, 0.1) is 18.3 Å². The molecule has 100 valence electrons. The van der Waals surface area contributed by atoms with Crippen LogP contribution in [0.2, 0.25) is 5.15 Å². The first-order chi connectivity index (χ1) is 8.62. The average Bonchev–Trinajstić information content (AvgIpc) is 2.37. The summed E-state index contributed by atoms with van der Waals surface area (Å²) < 4.78 is 10.4. The fourth-order valence-electron chi connectivity index (χ4n) is 1.84. The van der Waals surface area contributed by atoms with Gasteiger partial charge < -0.3 is 9.47 Å². The molecular weight excluding hydrogens is 287 g/mol. The lowest BCUT2D eigenvalue weighted by Gasteiger charge is -2.11. The second-order valence-electron chi connectivity index (χ2n) is 3.74. The number of aromatic nitrogens is 1. The zero-order chi connectivity index (χ0) is 13.3. The van der Waals surface area contributed by atoms with Gasteiger partial charge in [-0.1, -0.05) is 11.6 Å². The van der Waals surface area contributed by atoms with Crippen molar-refractivity contribution >= 4 is 34.9 Å². The van der Waals surface area contributed by atoms with Gasteiger partial charge in [0.1, 0.15) is 11.2 Å². The van der Waals surface area contributed by atoms with Crippen molar-refractivity contribution in [2.24, 2.45) is 0 Å². The third-order valence-electron chi connectivity index (χ3n) is 2.82. The van der Waals surface area contributed by atoms with E-state index in [0.717, 1.165) is 10.9 Å². The number of hydrogen-bond acceptors (Lipinski definition) is 4. The first-order valence-corrected chi connectivity index (χ1v) is 5.62. The van der Waals surface area contributed by atoms with E-state index >= 15 is 0 Å². The number of fused-ring (bicyclic) bond motifs is 1. The number of aryl methyl sites for hydroxylation is 1. The monoisotopic (exact) mass is 298 g/mol.